The van der Waals surface area contributed by atoms with Crippen LogP contribution in [0.4, 0.5) is 5.82 Å². The van der Waals surface area contributed by atoms with Crippen molar-refractivity contribution in [2.75, 3.05) is 25.1 Å². The summed E-state index contributed by atoms with van der Waals surface area (Å²) < 4.78 is 6.60. The van der Waals surface area contributed by atoms with E-state index in [1.807, 2.05) is 13.1 Å². The molecule has 0 aromatic carbocycles. The fraction of sp³-hybridized carbons (Fsp3) is 0.615. The molecule has 4 heteroatoms. The normalized spacial score (nSPS) is 14.9. The molecule has 1 aromatic heterocycles. The van der Waals surface area contributed by atoms with Gasteiger partial charge in [0.1, 0.15) is 5.82 Å². The van der Waals surface area contributed by atoms with Gasteiger partial charge in [-0.3, -0.25) is 0 Å². The average molecular weight is 299 g/mol. The average Bonchev–Trinajstić information content (AvgIpc) is 3.09. The molecule has 0 radical (unpaired) electrons. The van der Waals surface area contributed by atoms with Crippen molar-refractivity contribution < 1.29 is 4.74 Å². The van der Waals surface area contributed by atoms with Crippen LogP contribution in [0.2, 0.25) is 0 Å². The Hall–Kier alpha value is -0.610. The van der Waals surface area contributed by atoms with Gasteiger partial charge in [-0.25, -0.2) is 4.98 Å². The highest BCUT2D eigenvalue weighted by Crippen LogP contribution is 2.28. The number of hydrogen-bond acceptors (Lipinski definition) is 3. The molecule has 1 fully saturated rings. The van der Waals surface area contributed by atoms with E-state index in [0.717, 1.165) is 48.0 Å². The molecule has 0 unspecified atom stereocenters. The van der Waals surface area contributed by atoms with Crippen LogP contribution in [0.15, 0.2) is 16.7 Å². The van der Waals surface area contributed by atoms with Crippen LogP contribution >= 0.6 is 15.9 Å². The number of aryl methyl sites for hydroxylation is 1. The van der Waals surface area contributed by atoms with Gasteiger partial charge in [-0.1, -0.05) is 0 Å². The summed E-state index contributed by atoms with van der Waals surface area (Å²) in [4.78, 5) is 4.34. The molecule has 0 saturated heterocycles. The molecule has 1 aliphatic carbocycles. The van der Waals surface area contributed by atoms with E-state index in [1.54, 1.807) is 0 Å². The first-order valence-electron chi connectivity index (χ1n) is 6.19. The Bertz CT molecular complexity index is 366. The number of pyridine rings is 1. The minimum Gasteiger partial charge on any atom is -0.381 e. The van der Waals surface area contributed by atoms with E-state index in [0.29, 0.717) is 0 Å². The number of nitrogens with one attached hydrogen (secondary N) is 1. The van der Waals surface area contributed by atoms with Gasteiger partial charge in [0.2, 0.25) is 0 Å². The number of nitrogens with zero attached hydrogens (tertiary/aromatic N) is 1. The summed E-state index contributed by atoms with van der Waals surface area (Å²) in [5.74, 6) is 1.77. The molecule has 17 heavy (non-hydrogen) atoms. The second-order valence-electron chi connectivity index (χ2n) is 4.64. The SMILES string of the molecule is Cc1cnc(NCCCOCC2CC2)c(Br)c1. The molecule has 0 atom stereocenters. The van der Waals surface area contributed by atoms with E-state index in [4.69, 9.17) is 4.74 Å². The molecular formula is C13H19BrN2O. The van der Waals surface area contributed by atoms with Crippen LogP contribution in [0, 0.1) is 12.8 Å². The molecule has 0 bridgehead atoms. The maximum Gasteiger partial charge on any atom is 0.140 e. The number of aromatic nitrogens is 1. The lowest BCUT2D eigenvalue weighted by Gasteiger charge is -2.08. The molecule has 0 amide bonds. The van der Waals surface area contributed by atoms with Crippen molar-refractivity contribution in [3.63, 3.8) is 0 Å². The molecule has 1 heterocycles. The molecule has 3 nitrogen and oxygen atoms in total. The summed E-state index contributed by atoms with van der Waals surface area (Å²) in [5.41, 5.74) is 1.16. The molecular weight excluding hydrogens is 280 g/mol. The summed E-state index contributed by atoms with van der Waals surface area (Å²) >= 11 is 3.50. The van der Waals surface area contributed by atoms with E-state index in [2.05, 4.69) is 32.3 Å². The quantitative estimate of drug-likeness (QED) is 0.784. The predicted molar refractivity (Wildman–Crippen MR) is 73.3 cm³/mol. The lowest BCUT2D eigenvalue weighted by molar-refractivity contribution is 0.124. The summed E-state index contributed by atoms with van der Waals surface area (Å²) in [6.07, 6.45) is 5.61. The Labute approximate surface area is 111 Å². The lowest BCUT2D eigenvalue weighted by atomic mass is 10.3. The van der Waals surface area contributed by atoms with E-state index in [1.165, 1.54) is 12.8 Å². The van der Waals surface area contributed by atoms with Gasteiger partial charge in [-0.05, 0) is 59.7 Å². The second-order valence-corrected chi connectivity index (χ2v) is 5.50. The minimum atomic E-state index is 0.840. The van der Waals surface area contributed by atoms with Gasteiger partial charge in [-0.2, -0.15) is 0 Å². The van der Waals surface area contributed by atoms with Crippen LogP contribution < -0.4 is 5.32 Å². The standard InChI is InChI=1S/C13H19BrN2O/c1-10-7-12(14)13(16-8-10)15-5-2-6-17-9-11-3-4-11/h7-8,11H,2-6,9H2,1H3,(H,15,16). The Morgan fingerprint density at radius 1 is 1.53 bits per heavy atom. The first kappa shape index (κ1) is 12.8. The van der Waals surface area contributed by atoms with E-state index < -0.39 is 0 Å². The molecule has 1 N–H and O–H groups in total. The van der Waals surface area contributed by atoms with Gasteiger partial charge in [0, 0.05) is 26.0 Å². The predicted octanol–water partition coefficient (Wildman–Crippen LogP) is 3.38. The van der Waals surface area contributed by atoms with Crippen molar-refractivity contribution >= 4 is 21.7 Å². The number of ether oxygens (including phenoxy) is 1. The number of anilines is 1. The first-order valence-corrected chi connectivity index (χ1v) is 6.99. The third kappa shape index (κ3) is 4.64. The molecule has 1 aliphatic rings. The smallest absolute Gasteiger partial charge is 0.140 e. The van der Waals surface area contributed by atoms with Crippen LogP contribution in [0.25, 0.3) is 0 Å². The largest absolute Gasteiger partial charge is 0.381 e. The highest BCUT2D eigenvalue weighted by molar-refractivity contribution is 9.10. The van der Waals surface area contributed by atoms with Gasteiger partial charge in [0.25, 0.3) is 0 Å². The first-order chi connectivity index (χ1) is 8.25. The molecule has 94 valence electrons. The Morgan fingerprint density at radius 2 is 2.35 bits per heavy atom. The summed E-state index contributed by atoms with van der Waals surface area (Å²) in [6, 6.07) is 2.07. The van der Waals surface area contributed by atoms with Gasteiger partial charge in [0.05, 0.1) is 4.47 Å². The van der Waals surface area contributed by atoms with Crippen molar-refractivity contribution in [2.45, 2.75) is 26.2 Å². The van der Waals surface area contributed by atoms with Crippen molar-refractivity contribution in [1.29, 1.82) is 0 Å². The van der Waals surface area contributed by atoms with Gasteiger partial charge < -0.3 is 10.1 Å². The molecule has 0 aliphatic heterocycles. The number of hydrogen-bond donors (Lipinski definition) is 1. The topological polar surface area (TPSA) is 34.2 Å². The highest BCUT2D eigenvalue weighted by atomic mass is 79.9. The van der Waals surface area contributed by atoms with E-state index in [9.17, 15) is 0 Å². The van der Waals surface area contributed by atoms with Crippen LogP contribution in [0.5, 0.6) is 0 Å². The number of halogens is 1. The van der Waals surface area contributed by atoms with E-state index >= 15 is 0 Å². The third-order valence-corrected chi connectivity index (χ3v) is 3.39. The van der Waals surface area contributed by atoms with Crippen LogP contribution in [0.3, 0.4) is 0 Å². The maximum absolute atomic E-state index is 5.57. The van der Waals surface area contributed by atoms with Gasteiger partial charge >= 0.3 is 0 Å². The second kappa shape index (κ2) is 6.36. The highest BCUT2D eigenvalue weighted by Gasteiger charge is 2.20. The monoisotopic (exact) mass is 298 g/mol. The van der Waals surface area contributed by atoms with Crippen LogP contribution in [0.1, 0.15) is 24.8 Å². The molecule has 0 spiro atoms. The Kier molecular flexibility index (Phi) is 4.80. The third-order valence-electron chi connectivity index (χ3n) is 2.79. The Morgan fingerprint density at radius 3 is 3.06 bits per heavy atom. The fourth-order valence-electron chi connectivity index (χ4n) is 1.58. The fourth-order valence-corrected chi connectivity index (χ4v) is 2.18. The van der Waals surface area contributed by atoms with Crippen LogP contribution in [-0.4, -0.2) is 24.7 Å². The van der Waals surface area contributed by atoms with Gasteiger partial charge in [0.15, 0.2) is 0 Å². The maximum atomic E-state index is 5.57. The number of rotatable bonds is 7. The van der Waals surface area contributed by atoms with Crippen LogP contribution in [-0.2, 0) is 4.74 Å². The molecule has 1 saturated carbocycles. The van der Waals surface area contributed by atoms with Gasteiger partial charge in [-0.15, -0.1) is 0 Å². The zero-order valence-electron chi connectivity index (χ0n) is 10.2. The van der Waals surface area contributed by atoms with Crippen molar-refractivity contribution in [3.05, 3.63) is 22.3 Å². The lowest BCUT2D eigenvalue weighted by Crippen LogP contribution is -2.08. The van der Waals surface area contributed by atoms with Crippen molar-refractivity contribution in [2.24, 2.45) is 5.92 Å². The minimum absolute atomic E-state index is 0.840. The summed E-state index contributed by atoms with van der Waals surface area (Å²) in [5, 5.41) is 3.31. The van der Waals surface area contributed by atoms with E-state index in [-0.39, 0.29) is 0 Å². The zero-order chi connectivity index (χ0) is 12.1. The molecule has 1 aromatic rings. The Balaban J connectivity index is 1.60. The van der Waals surface area contributed by atoms with Crippen molar-refractivity contribution in [3.8, 4) is 0 Å². The summed E-state index contributed by atoms with van der Waals surface area (Å²) in [6.45, 7) is 4.73. The van der Waals surface area contributed by atoms with Crippen molar-refractivity contribution in [1.82, 2.24) is 4.98 Å². The summed E-state index contributed by atoms with van der Waals surface area (Å²) in [7, 11) is 0. The molecule has 2 rings (SSSR count). The zero-order valence-corrected chi connectivity index (χ0v) is 11.8.